The minimum Gasteiger partial charge on any atom is -0.309 e. The van der Waals surface area contributed by atoms with E-state index >= 15 is 0 Å². The van der Waals surface area contributed by atoms with Crippen LogP contribution in [0.3, 0.4) is 0 Å². The molecule has 1 aliphatic heterocycles. The molecule has 1 fully saturated rings. The van der Waals surface area contributed by atoms with Crippen LogP contribution >= 0.6 is 0 Å². The summed E-state index contributed by atoms with van der Waals surface area (Å²) in [6.07, 6.45) is 0.0354. The van der Waals surface area contributed by atoms with Crippen molar-refractivity contribution in [3.05, 3.63) is 150 Å². The molecule has 5 aromatic carbocycles. The molecule has 180 valence electrons. The van der Waals surface area contributed by atoms with Crippen molar-refractivity contribution in [2.45, 2.75) is 18.5 Å². The quantitative estimate of drug-likeness (QED) is 0.255. The molecule has 3 N–H and O–H groups in total. The Bertz CT molecular complexity index is 1560. The van der Waals surface area contributed by atoms with Crippen LogP contribution in [-0.4, -0.2) is 4.57 Å². The van der Waals surface area contributed by atoms with Crippen molar-refractivity contribution in [1.29, 1.82) is 0 Å². The maximum Gasteiger partial charge on any atom is 0.0864 e. The summed E-state index contributed by atoms with van der Waals surface area (Å²) >= 11 is 0. The molecule has 0 saturated carbocycles. The fraction of sp³-hybridized carbons (Fsp3) is 0.0909. The van der Waals surface area contributed by atoms with E-state index in [9.17, 15) is 0 Å². The minimum atomic E-state index is -0.0103. The lowest BCUT2D eigenvalue weighted by atomic mass is 10.0. The van der Waals surface area contributed by atoms with Crippen molar-refractivity contribution in [3.63, 3.8) is 0 Å². The first-order valence-electron chi connectivity index (χ1n) is 12.8. The van der Waals surface area contributed by atoms with Crippen LogP contribution in [0, 0.1) is 0 Å². The number of nitrogens with one attached hydrogen (secondary N) is 3. The molecule has 1 aromatic heterocycles. The number of hydrogen-bond donors (Lipinski definition) is 3. The van der Waals surface area contributed by atoms with E-state index in [0.717, 1.165) is 5.69 Å². The van der Waals surface area contributed by atoms with Crippen molar-refractivity contribution >= 4 is 21.8 Å². The Morgan fingerprint density at radius 2 is 0.757 bits per heavy atom. The molecule has 4 nitrogen and oxygen atoms in total. The summed E-state index contributed by atoms with van der Waals surface area (Å²) in [7, 11) is 0. The van der Waals surface area contributed by atoms with Crippen LogP contribution in [0.25, 0.3) is 27.5 Å². The highest BCUT2D eigenvalue weighted by Crippen LogP contribution is 2.33. The molecule has 37 heavy (non-hydrogen) atoms. The molecule has 6 aromatic rings. The van der Waals surface area contributed by atoms with Crippen molar-refractivity contribution in [1.82, 2.24) is 20.5 Å². The second-order valence-electron chi connectivity index (χ2n) is 9.58. The lowest BCUT2D eigenvalue weighted by molar-refractivity contribution is 0.203. The highest BCUT2D eigenvalue weighted by atomic mass is 15.4. The fourth-order valence-corrected chi connectivity index (χ4v) is 5.53. The number of para-hydroxylation sites is 2. The molecule has 1 aliphatic rings. The largest absolute Gasteiger partial charge is 0.309 e. The molecule has 0 spiro atoms. The van der Waals surface area contributed by atoms with Crippen molar-refractivity contribution < 1.29 is 0 Å². The average Bonchev–Trinajstić information content (AvgIpc) is 3.32. The number of benzene rings is 5. The van der Waals surface area contributed by atoms with Crippen LogP contribution in [0.15, 0.2) is 133 Å². The predicted molar refractivity (Wildman–Crippen MR) is 151 cm³/mol. The highest BCUT2D eigenvalue weighted by Gasteiger charge is 2.29. The van der Waals surface area contributed by atoms with Gasteiger partial charge in [-0.3, -0.25) is 16.0 Å². The van der Waals surface area contributed by atoms with Gasteiger partial charge in [0.15, 0.2) is 0 Å². The van der Waals surface area contributed by atoms with Crippen LogP contribution in [0.4, 0.5) is 0 Å². The number of hydrogen-bond acceptors (Lipinski definition) is 3. The summed E-state index contributed by atoms with van der Waals surface area (Å²) in [5.41, 5.74) is 7.25. The molecule has 0 bridgehead atoms. The molecule has 1 saturated heterocycles. The predicted octanol–water partition coefficient (Wildman–Crippen LogP) is 6.96. The van der Waals surface area contributed by atoms with E-state index in [-0.39, 0.29) is 18.5 Å². The van der Waals surface area contributed by atoms with E-state index in [1.54, 1.807) is 0 Å². The van der Waals surface area contributed by atoms with Crippen LogP contribution in [0.2, 0.25) is 0 Å². The Morgan fingerprint density at radius 1 is 0.378 bits per heavy atom. The molecule has 2 heterocycles. The summed E-state index contributed by atoms with van der Waals surface area (Å²) in [6.45, 7) is 0. The summed E-state index contributed by atoms with van der Waals surface area (Å²) in [5, 5.41) is 13.8. The van der Waals surface area contributed by atoms with Gasteiger partial charge in [0.25, 0.3) is 0 Å². The summed E-state index contributed by atoms with van der Waals surface area (Å²) in [6, 6.07) is 47.4. The molecule has 4 heteroatoms. The van der Waals surface area contributed by atoms with Gasteiger partial charge in [0, 0.05) is 16.5 Å². The van der Waals surface area contributed by atoms with Gasteiger partial charge < -0.3 is 4.57 Å². The van der Waals surface area contributed by atoms with Gasteiger partial charge in [0.2, 0.25) is 0 Å². The Balaban J connectivity index is 1.26. The maximum atomic E-state index is 3.77. The molecular weight excluding hydrogens is 452 g/mol. The van der Waals surface area contributed by atoms with Crippen LogP contribution in [0.5, 0.6) is 0 Å². The zero-order valence-corrected chi connectivity index (χ0v) is 20.4. The summed E-state index contributed by atoms with van der Waals surface area (Å²) in [4.78, 5) is 0. The van der Waals surface area contributed by atoms with E-state index in [2.05, 4.69) is 154 Å². The maximum absolute atomic E-state index is 3.77. The second kappa shape index (κ2) is 9.34. The van der Waals surface area contributed by atoms with E-state index in [0.29, 0.717) is 0 Å². The Morgan fingerprint density at radius 3 is 1.22 bits per heavy atom. The molecule has 0 aliphatic carbocycles. The molecule has 2 atom stereocenters. The Hall–Kier alpha value is -4.22. The summed E-state index contributed by atoms with van der Waals surface area (Å²) < 4.78 is 2.36. The number of aromatic nitrogens is 1. The minimum absolute atomic E-state index is 0.0103. The first kappa shape index (κ1) is 22.0. The molecule has 7 rings (SSSR count). The molecular formula is C33H28N4. The van der Waals surface area contributed by atoms with E-state index in [1.165, 1.54) is 38.5 Å². The summed E-state index contributed by atoms with van der Waals surface area (Å²) in [5.74, 6) is 0. The van der Waals surface area contributed by atoms with Gasteiger partial charge in [0.05, 0.1) is 29.5 Å². The van der Waals surface area contributed by atoms with Gasteiger partial charge in [-0.2, -0.15) is 0 Å². The SMILES string of the molecule is c1ccc(C2NC(c3ccccc3)NC(c3ccc(-n4c5ccccc5c5ccccc54)cc3)N2)cc1. The Labute approximate surface area is 216 Å². The molecule has 0 amide bonds. The van der Waals surface area contributed by atoms with Gasteiger partial charge in [-0.1, -0.05) is 109 Å². The van der Waals surface area contributed by atoms with Crippen LogP contribution in [-0.2, 0) is 0 Å². The third kappa shape index (κ3) is 4.02. The molecule has 0 radical (unpaired) electrons. The first-order chi connectivity index (χ1) is 18.3. The standard InChI is InChI=1S/C33H28N4/c1-3-11-23(12-4-1)31-34-32(24-13-5-2-6-14-24)36-33(35-31)25-19-21-26(22-20-25)37-29-17-9-7-15-27(29)28-16-8-10-18-30(28)37/h1-22,31-36H. The lowest BCUT2D eigenvalue weighted by Gasteiger charge is -2.39. The monoisotopic (exact) mass is 480 g/mol. The third-order valence-electron chi connectivity index (χ3n) is 7.33. The van der Waals surface area contributed by atoms with Gasteiger partial charge in [-0.05, 0) is 41.0 Å². The van der Waals surface area contributed by atoms with Crippen molar-refractivity contribution in [2.24, 2.45) is 0 Å². The topological polar surface area (TPSA) is 41.0 Å². The second-order valence-corrected chi connectivity index (χ2v) is 9.58. The normalized spacial score (nSPS) is 19.8. The Kier molecular flexibility index (Phi) is 5.56. The van der Waals surface area contributed by atoms with Crippen molar-refractivity contribution in [2.75, 3.05) is 0 Å². The van der Waals surface area contributed by atoms with Gasteiger partial charge in [-0.15, -0.1) is 0 Å². The van der Waals surface area contributed by atoms with E-state index in [1.807, 2.05) is 0 Å². The van der Waals surface area contributed by atoms with Gasteiger partial charge >= 0.3 is 0 Å². The smallest absolute Gasteiger partial charge is 0.0864 e. The lowest BCUT2D eigenvalue weighted by Crippen LogP contribution is -2.54. The zero-order valence-electron chi connectivity index (χ0n) is 20.4. The van der Waals surface area contributed by atoms with Crippen molar-refractivity contribution in [3.8, 4) is 5.69 Å². The fourth-order valence-electron chi connectivity index (χ4n) is 5.53. The van der Waals surface area contributed by atoms with Gasteiger partial charge in [-0.25, -0.2) is 0 Å². The third-order valence-corrected chi connectivity index (χ3v) is 7.33. The number of nitrogens with zero attached hydrogens (tertiary/aromatic N) is 1. The first-order valence-corrected chi connectivity index (χ1v) is 12.8. The van der Waals surface area contributed by atoms with Gasteiger partial charge in [0.1, 0.15) is 0 Å². The van der Waals surface area contributed by atoms with Crippen LogP contribution in [0.1, 0.15) is 35.2 Å². The zero-order chi connectivity index (χ0) is 24.6. The average molecular weight is 481 g/mol. The van der Waals surface area contributed by atoms with E-state index < -0.39 is 0 Å². The van der Waals surface area contributed by atoms with Crippen LogP contribution < -0.4 is 16.0 Å². The highest BCUT2D eigenvalue weighted by molar-refractivity contribution is 6.09. The number of fused-ring (bicyclic) bond motifs is 3. The number of rotatable bonds is 4. The van der Waals surface area contributed by atoms with E-state index in [4.69, 9.17) is 0 Å². The molecule has 2 unspecified atom stereocenters.